The Hall–Kier alpha value is -1.26. The first-order valence-corrected chi connectivity index (χ1v) is 6.57. The molecule has 0 saturated carbocycles. The standard InChI is InChI=1S/C13H13FN2S/c14-11-3-1-2-10(4-11)13(7-15-8-13)5-12-6-17-9-16-12/h1-4,6,9,15H,5,7-8H2. The van der Waals surface area contributed by atoms with Crippen molar-refractivity contribution in [1.29, 1.82) is 0 Å². The zero-order chi connectivity index (χ0) is 11.7. The number of rotatable bonds is 3. The van der Waals surface area contributed by atoms with E-state index in [4.69, 9.17) is 0 Å². The lowest BCUT2D eigenvalue weighted by molar-refractivity contribution is 0.272. The molecule has 0 atom stereocenters. The molecule has 3 rings (SSSR count). The molecular formula is C13H13FN2S. The van der Waals surface area contributed by atoms with E-state index in [1.807, 2.05) is 11.6 Å². The Bertz CT molecular complexity index is 506. The largest absolute Gasteiger partial charge is 0.315 e. The average Bonchev–Trinajstić information content (AvgIpc) is 2.76. The summed E-state index contributed by atoms with van der Waals surface area (Å²) in [5.41, 5.74) is 4.04. The third-order valence-corrected chi connectivity index (χ3v) is 4.00. The van der Waals surface area contributed by atoms with Gasteiger partial charge in [0, 0.05) is 30.3 Å². The van der Waals surface area contributed by atoms with Gasteiger partial charge in [-0.2, -0.15) is 0 Å². The minimum absolute atomic E-state index is 0.0240. The van der Waals surface area contributed by atoms with E-state index >= 15 is 0 Å². The molecule has 0 unspecified atom stereocenters. The average molecular weight is 248 g/mol. The van der Waals surface area contributed by atoms with Crippen molar-refractivity contribution in [2.75, 3.05) is 13.1 Å². The molecular weight excluding hydrogens is 235 g/mol. The number of nitrogens with one attached hydrogen (secondary N) is 1. The lowest BCUT2D eigenvalue weighted by Crippen LogP contribution is -2.58. The number of nitrogens with zero attached hydrogens (tertiary/aromatic N) is 1. The van der Waals surface area contributed by atoms with E-state index in [0.29, 0.717) is 0 Å². The van der Waals surface area contributed by atoms with Gasteiger partial charge in [0.25, 0.3) is 0 Å². The van der Waals surface area contributed by atoms with Crippen LogP contribution in [0.3, 0.4) is 0 Å². The number of hydrogen-bond acceptors (Lipinski definition) is 3. The van der Waals surface area contributed by atoms with Crippen LogP contribution in [0.4, 0.5) is 4.39 Å². The molecule has 0 spiro atoms. The van der Waals surface area contributed by atoms with Gasteiger partial charge in [0.05, 0.1) is 11.2 Å². The summed E-state index contributed by atoms with van der Waals surface area (Å²) in [6.45, 7) is 1.79. The van der Waals surface area contributed by atoms with Crippen molar-refractivity contribution < 1.29 is 4.39 Å². The molecule has 1 saturated heterocycles. The maximum Gasteiger partial charge on any atom is 0.123 e. The normalized spacial score (nSPS) is 17.7. The van der Waals surface area contributed by atoms with E-state index in [9.17, 15) is 4.39 Å². The van der Waals surface area contributed by atoms with E-state index in [-0.39, 0.29) is 11.2 Å². The molecule has 2 aromatic rings. The van der Waals surface area contributed by atoms with Crippen molar-refractivity contribution in [1.82, 2.24) is 10.3 Å². The van der Waals surface area contributed by atoms with Gasteiger partial charge in [-0.05, 0) is 17.7 Å². The van der Waals surface area contributed by atoms with Gasteiger partial charge in [-0.3, -0.25) is 0 Å². The third-order valence-electron chi connectivity index (χ3n) is 3.37. The van der Waals surface area contributed by atoms with E-state index in [0.717, 1.165) is 30.8 Å². The second-order valence-corrected chi connectivity index (χ2v) is 5.27. The van der Waals surface area contributed by atoms with Crippen molar-refractivity contribution in [3.8, 4) is 0 Å². The van der Waals surface area contributed by atoms with Crippen LogP contribution in [0.5, 0.6) is 0 Å². The van der Waals surface area contributed by atoms with Gasteiger partial charge >= 0.3 is 0 Å². The second-order valence-electron chi connectivity index (χ2n) is 4.55. The SMILES string of the molecule is Fc1cccc(C2(Cc3cscn3)CNC2)c1. The molecule has 1 N–H and O–H groups in total. The highest BCUT2D eigenvalue weighted by atomic mass is 32.1. The predicted molar refractivity (Wildman–Crippen MR) is 66.8 cm³/mol. The van der Waals surface area contributed by atoms with Crippen LogP contribution in [0.2, 0.25) is 0 Å². The first-order chi connectivity index (χ1) is 8.28. The number of hydrogen-bond donors (Lipinski definition) is 1. The van der Waals surface area contributed by atoms with Crippen molar-refractivity contribution in [3.05, 3.63) is 52.2 Å². The molecule has 1 aromatic carbocycles. The summed E-state index contributed by atoms with van der Waals surface area (Å²) in [6.07, 6.45) is 0.882. The fourth-order valence-electron chi connectivity index (χ4n) is 2.35. The summed E-state index contributed by atoms with van der Waals surface area (Å²) in [6, 6.07) is 6.93. The fraction of sp³-hybridized carbons (Fsp3) is 0.308. The predicted octanol–water partition coefficient (Wildman–Crippen LogP) is 2.37. The summed E-state index contributed by atoms with van der Waals surface area (Å²) in [5.74, 6) is -0.160. The van der Waals surface area contributed by atoms with Crippen molar-refractivity contribution in [2.45, 2.75) is 11.8 Å². The van der Waals surface area contributed by atoms with Crippen LogP contribution < -0.4 is 5.32 Å². The highest BCUT2D eigenvalue weighted by Gasteiger charge is 2.39. The summed E-state index contributed by atoms with van der Waals surface area (Å²) in [4.78, 5) is 4.33. The van der Waals surface area contributed by atoms with Crippen LogP contribution in [0.1, 0.15) is 11.3 Å². The number of thiazole rings is 1. The van der Waals surface area contributed by atoms with Gasteiger partial charge in [-0.1, -0.05) is 12.1 Å². The van der Waals surface area contributed by atoms with E-state index in [1.165, 1.54) is 6.07 Å². The molecule has 0 bridgehead atoms. The second kappa shape index (κ2) is 4.20. The molecule has 1 aliphatic heterocycles. The van der Waals surface area contributed by atoms with E-state index in [1.54, 1.807) is 23.5 Å². The summed E-state index contributed by atoms with van der Waals surface area (Å²) in [7, 11) is 0. The molecule has 88 valence electrons. The van der Waals surface area contributed by atoms with Crippen LogP contribution in [-0.4, -0.2) is 18.1 Å². The maximum absolute atomic E-state index is 13.3. The zero-order valence-corrected chi connectivity index (χ0v) is 10.1. The fourth-order valence-corrected chi connectivity index (χ4v) is 2.91. The molecule has 1 aliphatic rings. The number of aromatic nitrogens is 1. The molecule has 0 radical (unpaired) electrons. The third kappa shape index (κ3) is 1.98. The molecule has 0 amide bonds. The first kappa shape index (κ1) is 10.9. The Morgan fingerprint density at radius 2 is 2.29 bits per heavy atom. The minimum atomic E-state index is -0.160. The van der Waals surface area contributed by atoms with Crippen LogP contribution in [0, 0.1) is 5.82 Å². The van der Waals surface area contributed by atoms with Crippen LogP contribution in [0.25, 0.3) is 0 Å². The van der Waals surface area contributed by atoms with Crippen molar-refractivity contribution in [3.63, 3.8) is 0 Å². The van der Waals surface area contributed by atoms with E-state index in [2.05, 4.69) is 15.7 Å². The Labute approximate surface area is 104 Å². The molecule has 1 fully saturated rings. The Kier molecular flexibility index (Phi) is 2.68. The van der Waals surface area contributed by atoms with Gasteiger partial charge in [-0.25, -0.2) is 9.37 Å². The number of benzene rings is 1. The van der Waals surface area contributed by atoms with Gasteiger partial charge in [0.1, 0.15) is 5.82 Å². The highest BCUT2D eigenvalue weighted by molar-refractivity contribution is 7.07. The first-order valence-electron chi connectivity index (χ1n) is 5.62. The summed E-state index contributed by atoms with van der Waals surface area (Å²) >= 11 is 1.61. The monoisotopic (exact) mass is 248 g/mol. The quantitative estimate of drug-likeness (QED) is 0.902. The van der Waals surface area contributed by atoms with Gasteiger partial charge in [0.15, 0.2) is 0 Å². The molecule has 0 aliphatic carbocycles. The molecule has 2 heterocycles. The summed E-state index contributed by atoms with van der Waals surface area (Å²) in [5, 5.41) is 5.35. The van der Waals surface area contributed by atoms with Crippen LogP contribution in [-0.2, 0) is 11.8 Å². The van der Waals surface area contributed by atoms with Crippen LogP contribution >= 0.6 is 11.3 Å². The molecule has 1 aromatic heterocycles. The van der Waals surface area contributed by atoms with Gasteiger partial charge < -0.3 is 5.32 Å². The molecule has 4 heteroatoms. The maximum atomic E-state index is 13.3. The summed E-state index contributed by atoms with van der Waals surface area (Å²) < 4.78 is 13.3. The van der Waals surface area contributed by atoms with Crippen molar-refractivity contribution >= 4 is 11.3 Å². The van der Waals surface area contributed by atoms with E-state index < -0.39 is 0 Å². The Balaban J connectivity index is 1.92. The minimum Gasteiger partial charge on any atom is -0.315 e. The van der Waals surface area contributed by atoms with Crippen molar-refractivity contribution in [2.24, 2.45) is 0 Å². The smallest absolute Gasteiger partial charge is 0.123 e. The zero-order valence-electron chi connectivity index (χ0n) is 9.32. The molecule has 17 heavy (non-hydrogen) atoms. The Morgan fingerprint density at radius 1 is 1.41 bits per heavy atom. The van der Waals surface area contributed by atoms with Gasteiger partial charge in [0.2, 0.25) is 0 Å². The highest BCUT2D eigenvalue weighted by Crippen LogP contribution is 2.32. The molecule has 2 nitrogen and oxygen atoms in total. The van der Waals surface area contributed by atoms with Gasteiger partial charge in [-0.15, -0.1) is 11.3 Å². The lowest BCUT2D eigenvalue weighted by atomic mass is 9.72. The lowest BCUT2D eigenvalue weighted by Gasteiger charge is -2.43. The van der Waals surface area contributed by atoms with Crippen LogP contribution in [0.15, 0.2) is 35.2 Å². The topological polar surface area (TPSA) is 24.9 Å². The number of halogens is 1. The Morgan fingerprint density at radius 3 is 2.88 bits per heavy atom.